The number of alkyl halides is 1. The second kappa shape index (κ2) is 2.96. The summed E-state index contributed by atoms with van der Waals surface area (Å²) in [6.45, 7) is -0.815. The summed E-state index contributed by atoms with van der Waals surface area (Å²) in [5, 5.41) is 0. The second-order valence-corrected chi connectivity index (χ2v) is 6.34. The van der Waals surface area contributed by atoms with Gasteiger partial charge in [0, 0.05) is 18.7 Å². The van der Waals surface area contributed by atoms with E-state index in [0.717, 1.165) is 0 Å². The van der Waals surface area contributed by atoms with Crippen molar-refractivity contribution in [2.75, 3.05) is 18.7 Å². The number of halogens is 2. The normalized spacial score (nSPS) is 18.7. The van der Waals surface area contributed by atoms with Gasteiger partial charge in [-0.3, -0.25) is 0 Å². The van der Waals surface area contributed by atoms with Crippen LogP contribution in [0.15, 0.2) is 0 Å². The summed E-state index contributed by atoms with van der Waals surface area (Å²) in [7, 11) is 0. The molecule has 44 valence electrons. The second-order valence-electron chi connectivity index (χ2n) is 1.40. The van der Waals surface area contributed by atoms with Crippen molar-refractivity contribution in [3.8, 4) is 0 Å². The Morgan fingerprint density at radius 1 is 1.71 bits per heavy atom. The highest BCUT2D eigenvalue weighted by atomic mass is 35.7. The molecule has 0 amide bonds. The van der Waals surface area contributed by atoms with Gasteiger partial charge in [-0.1, -0.05) is 11.2 Å². The van der Waals surface area contributed by atoms with Crippen LogP contribution in [-0.4, -0.2) is 18.7 Å². The molecule has 0 fully saturated rings. The number of hydrogen-bond acceptors (Lipinski definition) is 1. The van der Waals surface area contributed by atoms with E-state index >= 15 is 0 Å². The largest absolute Gasteiger partial charge is 0.307 e. The molecule has 1 unspecified atom stereocenters. The first-order chi connectivity index (χ1) is 3.06. The Morgan fingerprint density at radius 3 is 2.14 bits per heavy atom. The van der Waals surface area contributed by atoms with Crippen LogP contribution in [0.3, 0.4) is 0 Å². The van der Waals surface area contributed by atoms with Crippen molar-refractivity contribution in [1.29, 1.82) is 0 Å². The van der Waals surface area contributed by atoms with Gasteiger partial charge < -0.3 is 4.57 Å². The molecular weight excluding hydrogens is 154 g/mol. The highest BCUT2D eigenvalue weighted by Gasteiger charge is 2.06. The number of rotatable bonds is 2. The first-order valence-corrected chi connectivity index (χ1v) is 5.66. The molecule has 0 saturated heterocycles. The summed E-state index contributed by atoms with van der Waals surface area (Å²) in [4.78, 5) is 0. The molecule has 0 heterocycles. The topological polar surface area (TPSA) is 17.1 Å². The van der Waals surface area contributed by atoms with Crippen LogP contribution in [0.25, 0.3) is 0 Å². The monoisotopic (exact) mass is 160 g/mol. The predicted molar refractivity (Wildman–Crippen MR) is 35.0 cm³/mol. The van der Waals surface area contributed by atoms with E-state index in [2.05, 4.69) is 0 Å². The molecule has 4 heteroatoms. The van der Waals surface area contributed by atoms with Crippen molar-refractivity contribution in [2.45, 2.75) is 0 Å². The fraction of sp³-hybridized carbons (Fsp3) is 1.00. The van der Waals surface area contributed by atoms with E-state index in [-0.39, 0.29) is 0 Å². The van der Waals surface area contributed by atoms with Gasteiger partial charge in [0.1, 0.15) is 0 Å². The summed E-state index contributed by atoms with van der Waals surface area (Å²) in [5.41, 5.74) is 0. The molecular formula is C3H7Cl2OP. The Morgan fingerprint density at radius 2 is 2.14 bits per heavy atom. The minimum absolute atomic E-state index is 0.386. The van der Waals surface area contributed by atoms with Crippen molar-refractivity contribution < 1.29 is 4.57 Å². The Balaban J connectivity index is 3.36. The molecule has 0 aromatic carbocycles. The van der Waals surface area contributed by atoms with Crippen LogP contribution in [0.4, 0.5) is 0 Å². The van der Waals surface area contributed by atoms with E-state index in [9.17, 15) is 4.57 Å². The van der Waals surface area contributed by atoms with Gasteiger partial charge >= 0.3 is 0 Å². The molecule has 7 heavy (non-hydrogen) atoms. The quantitative estimate of drug-likeness (QED) is 0.448. The van der Waals surface area contributed by atoms with Gasteiger partial charge in [0.2, 0.25) is 0 Å². The maximum atomic E-state index is 10.5. The maximum Gasteiger partial charge on any atom is 0.167 e. The van der Waals surface area contributed by atoms with E-state index in [1.165, 1.54) is 6.66 Å². The maximum absolute atomic E-state index is 10.5. The van der Waals surface area contributed by atoms with Crippen LogP contribution in [0.2, 0.25) is 0 Å². The summed E-state index contributed by atoms with van der Waals surface area (Å²) in [6, 6.07) is 0. The van der Waals surface area contributed by atoms with Crippen molar-refractivity contribution in [1.82, 2.24) is 0 Å². The Hall–Kier alpha value is 0.810. The fourth-order valence-corrected chi connectivity index (χ4v) is 1.93. The van der Waals surface area contributed by atoms with E-state index in [0.29, 0.717) is 12.0 Å². The van der Waals surface area contributed by atoms with E-state index in [1.807, 2.05) is 0 Å². The van der Waals surface area contributed by atoms with Crippen LogP contribution in [0.1, 0.15) is 0 Å². The van der Waals surface area contributed by atoms with Gasteiger partial charge in [0.25, 0.3) is 0 Å². The zero-order chi connectivity index (χ0) is 5.91. The molecule has 0 aromatic rings. The van der Waals surface area contributed by atoms with Crippen molar-refractivity contribution in [3.05, 3.63) is 0 Å². The molecule has 0 aromatic heterocycles. The third-order valence-electron chi connectivity index (χ3n) is 0.484. The molecule has 1 atom stereocenters. The van der Waals surface area contributed by atoms with Crippen molar-refractivity contribution in [2.24, 2.45) is 0 Å². The first kappa shape index (κ1) is 7.81. The average Bonchev–Trinajstić information content (AvgIpc) is 1.30. The molecule has 1 nitrogen and oxygen atoms in total. The fourth-order valence-electron chi connectivity index (χ4n) is 0.151. The minimum atomic E-state index is -2.33. The van der Waals surface area contributed by atoms with Gasteiger partial charge in [0.15, 0.2) is 6.49 Å². The van der Waals surface area contributed by atoms with E-state index in [1.54, 1.807) is 0 Å². The third-order valence-corrected chi connectivity index (χ3v) is 2.47. The molecule has 0 aliphatic carbocycles. The summed E-state index contributed by atoms with van der Waals surface area (Å²) in [6.07, 6.45) is 0.427. The highest BCUT2D eigenvalue weighted by molar-refractivity contribution is 7.88. The lowest BCUT2D eigenvalue weighted by Gasteiger charge is -1.95. The Bertz CT molecular complexity index is 86.9. The molecule has 0 N–H and O–H groups in total. The average molecular weight is 161 g/mol. The summed E-state index contributed by atoms with van der Waals surface area (Å²) >= 11 is 10.5. The molecule has 0 spiro atoms. The smallest absolute Gasteiger partial charge is 0.167 e. The molecule has 0 bridgehead atoms. The lowest BCUT2D eigenvalue weighted by molar-refractivity contribution is 0.588. The zero-order valence-corrected chi connectivity index (χ0v) is 6.43. The molecule has 0 saturated carbocycles. The standard InChI is InChI=1S/C3H7Cl2OP/c1-7(5,6)3-2-4/h2-3H2,1H3. The van der Waals surface area contributed by atoms with Crippen LogP contribution >= 0.6 is 29.3 Å². The Labute approximate surface area is 53.2 Å². The van der Waals surface area contributed by atoms with Crippen molar-refractivity contribution >= 4 is 29.3 Å². The number of hydrogen-bond donors (Lipinski definition) is 0. The molecule has 0 aliphatic heterocycles. The van der Waals surface area contributed by atoms with E-state index in [4.69, 9.17) is 22.8 Å². The lowest BCUT2D eigenvalue weighted by Crippen LogP contribution is -1.79. The summed E-state index contributed by atoms with van der Waals surface area (Å²) in [5.74, 6) is 0.386. The van der Waals surface area contributed by atoms with Crippen molar-refractivity contribution in [3.63, 3.8) is 0 Å². The zero-order valence-electron chi connectivity index (χ0n) is 4.03. The predicted octanol–water partition coefficient (Wildman–Crippen LogP) is 2.37. The third kappa shape index (κ3) is 6.81. The van der Waals surface area contributed by atoms with Gasteiger partial charge in [-0.15, -0.1) is 11.6 Å². The molecule has 0 aliphatic rings. The van der Waals surface area contributed by atoms with Gasteiger partial charge in [0.05, 0.1) is 0 Å². The van der Waals surface area contributed by atoms with Crippen LogP contribution in [0, 0.1) is 0 Å². The van der Waals surface area contributed by atoms with Crippen LogP contribution in [0.5, 0.6) is 0 Å². The van der Waals surface area contributed by atoms with Gasteiger partial charge in [-0.2, -0.15) is 0 Å². The molecule has 0 radical (unpaired) electrons. The van der Waals surface area contributed by atoms with E-state index < -0.39 is 6.49 Å². The van der Waals surface area contributed by atoms with Crippen LogP contribution < -0.4 is 0 Å². The van der Waals surface area contributed by atoms with Crippen LogP contribution in [-0.2, 0) is 4.57 Å². The minimum Gasteiger partial charge on any atom is -0.307 e. The Kier molecular flexibility index (Phi) is 3.30. The van der Waals surface area contributed by atoms with Gasteiger partial charge in [-0.25, -0.2) is 0 Å². The SMILES string of the molecule is CP(=O)(Cl)CCCl. The molecule has 0 rings (SSSR count). The van der Waals surface area contributed by atoms with Gasteiger partial charge in [-0.05, 0) is 0 Å². The summed E-state index contributed by atoms with van der Waals surface area (Å²) < 4.78 is 10.5. The first-order valence-electron chi connectivity index (χ1n) is 1.88. The highest BCUT2D eigenvalue weighted by Crippen LogP contribution is 2.46. The lowest BCUT2D eigenvalue weighted by atomic mass is 11.0.